The number of carbonyl (C=O) groups excluding carboxylic acids is 2. The molecule has 2 aromatic carbocycles. The fraction of sp³-hybridized carbons (Fsp3) is 0.348. The molecule has 0 aliphatic carbocycles. The molecule has 0 radical (unpaired) electrons. The van der Waals surface area contributed by atoms with Gasteiger partial charge in [-0.3, -0.25) is 9.59 Å². The van der Waals surface area contributed by atoms with Gasteiger partial charge in [-0.15, -0.1) is 0 Å². The Morgan fingerprint density at radius 1 is 1.03 bits per heavy atom. The Hall–Kier alpha value is -3.35. The molecule has 2 amide bonds. The lowest BCUT2D eigenvalue weighted by molar-refractivity contribution is -0.143. The molecule has 7 heteroatoms. The number of benzene rings is 2. The van der Waals surface area contributed by atoms with E-state index in [1.165, 1.54) is 0 Å². The van der Waals surface area contributed by atoms with Crippen molar-refractivity contribution in [1.29, 1.82) is 0 Å². The summed E-state index contributed by atoms with van der Waals surface area (Å²) in [4.78, 5) is 34.6. The molecule has 30 heavy (non-hydrogen) atoms. The minimum Gasteiger partial charge on any atom is -0.496 e. The van der Waals surface area contributed by atoms with Gasteiger partial charge >= 0.3 is 0 Å². The van der Waals surface area contributed by atoms with Crippen molar-refractivity contribution in [2.24, 2.45) is 5.16 Å². The van der Waals surface area contributed by atoms with Crippen LogP contribution in [-0.4, -0.2) is 66.7 Å². The predicted molar refractivity (Wildman–Crippen MR) is 113 cm³/mol. The number of nitrogens with zero attached hydrogens (tertiary/aromatic N) is 3. The minimum atomic E-state index is -0.594. The van der Waals surface area contributed by atoms with Crippen LogP contribution in [0, 0.1) is 6.92 Å². The normalized spacial score (nSPS) is 18.6. The summed E-state index contributed by atoms with van der Waals surface area (Å²) in [7, 11) is 1.60. The first kappa shape index (κ1) is 19.9. The zero-order chi connectivity index (χ0) is 21.1. The van der Waals surface area contributed by atoms with Crippen molar-refractivity contribution in [2.45, 2.75) is 19.4 Å². The molecule has 1 saturated heterocycles. The van der Waals surface area contributed by atoms with Crippen LogP contribution in [-0.2, 0) is 9.63 Å². The standard InChI is InChI=1S/C23H25N3O4/c1-16-8-9-18(14-20(16)29-2)22(27)25-10-12-26(13-11-25)23(28)21-15-19(24-30-21)17-6-4-3-5-7-17/h3-9,14,21H,10-13,15H2,1-2H3. The van der Waals surface area contributed by atoms with Gasteiger partial charge < -0.3 is 19.4 Å². The number of hydrogen-bond donors (Lipinski definition) is 0. The number of ether oxygens (including phenoxy) is 1. The second-order valence-corrected chi connectivity index (χ2v) is 7.50. The molecule has 2 aromatic rings. The van der Waals surface area contributed by atoms with Gasteiger partial charge in [-0.2, -0.15) is 0 Å². The summed E-state index contributed by atoms with van der Waals surface area (Å²) in [5, 5.41) is 4.10. The summed E-state index contributed by atoms with van der Waals surface area (Å²) < 4.78 is 5.32. The van der Waals surface area contributed by atoms with Crippen molar-refractivity contribution in [1.82, 2.24) is 9.80 Å². The molecule has 1 unspecified atom stereocenters. The Morgan fingerprint density at radius 3 is 2.43 bits per heavy atom. The topological polar surface area (TPSA) is 71.4 Å². The van der Waals surface area contributed by atoms with Crippen molar-refractivity contribution < 1.29 is 19.2 Å². The van der Waals surface area contributed by atoms with E-state index >= 15 is 0 Å². The SMILES string of the molecule is COc1cc(C(=O)N2CCN(C(=O)C3CC(c4ccccc4)=NO3)CC2)ccc1C. The highest BCUT2D eigenvalue weighted by molar-refractivity contribution is 6.04. The second kappa shape index (κ2) is 8.57. The van der Waals surface area contributed by atoms with Gasteiger partial charge in [0.2, 0.25) is 6.10 Å². The van der Waals surface area contributed by atoms with Gasteiger partial charge in [0.05, 0.1) is 12.8 Å². The maximum absolute atomic E-state index is 12.9. The summed E-state index contributed by atoms with van der Waals surface area (Å²) in [5.41, 5.74) is 3.34. The highest BCUT2D eigenvalue weighted by Crippen LogP contribution is 2.22. The van der Waals surface area contributed by atoms with E-state index in [9.17, 15) is 9.59 Å². The minimum absolute atomic E-state index is 0.0489. The molecule has 2 heterocycles. The first-order valence-corrected chi connectivity index (χ1v) is 10.1. The Bertz CT molecular complexity index is 966. The van der Waals surface area contributed by atoms with Crippen LogP contribution in [0.3, 0.4) is 0 Å². The number of amides is 2. The zero-order valence-electron chi connectivity index (χ0n) is 17.2. The number of oxime groups is 1. The summed E-state index contributed by atoms with van der Waals surface area (Å²) >= 11 is 0. The average Bonchev–Trinajstić information content (AvgIpc) is 3.29. The maximum atomic E-state index is 12.9. The average molecular weight is 407 g/mol. The fourth-order valence-corrected chi connectivity index (χ4v) is 3.78. The van der Waals surface area contributed by atoms with E-state index in [1.807, 2.05) is 49.4 Å². The lowest BCUT2D eigenvalue weighted by Gasteiger charge is -2.35. The summed E-state index contributed by atoms with van der Waals surface area (Å²) in [6.45, 7) is 3.87. The number of hydrogen-bond acceptors (Lipinski definition) is 5. The lowest BCUT2D eigenvalue weighted by atomic mass is 10.0. The third-order valence-electron chi connectivity index (χ3n) is 5.58. The quantitative estimate of drug-likeness (QED) is 0.781. The molecule has 0 spiro atoms. The number of carbonyl (C=O) groups is 2. The smallest absolute Gasteiger partial charge is 0.267 e. The van der Waals surface area contributed by atoms with Gasteiger partial charge in [0.15, 0.2) is 0 Å². The molecule has 1 atom stereocenters. The number of methoxy groups -OCH3 is 1. The van der Waals surface area contributed by atoms with Crippen LogP contribution in [0.4, 0.5) is 0 Å². The van der Waals surface area contributed by atoms with E-state index in [4.69, 9.17) is 9.57 Å². The molecule has 1 fully saturated rings. The Labute approximate surface area is 175 Å². The number of aryl methyl sites for hydroxylation is 1. The van der Waals surface area contributed by atoms with Crippen LogP contribution in [0.1, 0.15) is 27.9 Å². The van der Waals surface area contributed by atoms with E-state index in [-0.39, 0.29) is 11.8 Å². The van der Waals surface area contributed by atoms with E-state index in [0.29, 0.717) is 43.9 Å². The monoisotopic (exact) mass is 407 g/mol. The van der Waals surface area contributed by atoms with Gasteiger partial charge in [0.1, 0.15) is 5.75 Å². The molecular weight excluding hydrogens is 382 g/mol. The molecule has 0 aromatic heterocycles. The van der Waals surface area contributed by atoms with Gasteiger partial charge in [-0.25, -0.2) is 0 Å². The molecule has 156 valence electrons. The molecule has 0 N–H and O–H groups in total. The molecule has 7 nitrogen and oxygen atoms in total. The molecule has 2 aliphatic rings. The Kier molecular flexibility index (Phi) is 5.70. The fourth-order valence-electron chi connectivity index (χ4n) is 3.78. The van der Waals surface area contributed by atoms with Crippen LogP contribution in [0.25, 0.3) is 0 Å². The highest BCUT2D eigenvalue weighted by Gasteiger charge is 2.34. The van der Waals surface area contributed by atoms with E-state index in [1.54, 1.807) is 23.0 Å². The second-order valence-electron chi connectivity index (χ2n) is 7.50. The van der Waals surface area contributed by atoms with E-state index < -0.39 is 6.10 Å². The molecule has 2 aliphatic heterocycles. The zero-order valence-corrected chi connectivity index (χ0v) is 17.2. The molecular formula is C23H25N3O4. The van der Waals surface area contributed by atoms with Gasteiger partial charge in [-0.05, 0) is 30.2 Å². The van der Waals surface area contributed by atoms with Gasteiger partial charge in [0.25, 0.3) is 11.8 Å². The molecule has 4 rings (SSSR count). The van der Waals surface area contributed by atoms with Crippen molar-refractivity contribution >= 4 is 17.5 Å². The van der Waals surface area contributed by atoms with Crippen molar-refractivity contribution in [3.8, 4) is 5.75 Å². The summed E-state index contributed by atoms with van der Waals surface area (Å²) in [6, 6.07) is 15.2. The maximum Gasteiger partial charge on any atom is 0.267 e. The lowest BCUT2D eigenvalue weighted by Crippen LogP contribution is -2.53. The van der Waals surface area contributed by atoms with Crippen molar-refractivity contribution in [3.63, 3.8) is 0 Å². The summed E-state index contributed by atoms with van der Waals surface area (Å²) in [5.74, 6) is 0.572. The van der Waals surface area contributed by atoms with Crippen LogP contribution < -0.4 is 4.74 Å². The first-order valence-electron chi connectivity index (χ1n) is 10.1. The van der Waals surface area contributed by atoms with Crippen LogP contribution in [0.2, 0.25) is 0 Å². The van der Waals surface area contributed by atoms with Gasteiger partial charge in [-0.1, -0.05) is 41.6 Å². The van der Waals surface area contributed by atoms with Crippen molar-refractivity contribution in [2.75, 3.05) is 33.3 Å². The Balaban J connectivity index is 1.32. The highest BCUT2D eigenvalue weighted by atomic mass is 16.6. The summed E-state index contributed by atoms with van der Waals surface area (Å²) in [6.07, 6.45) is -0.130. The van der Waals surface area contributed by atoms with E-state index in [0.717, 1.165) is 16.8 Å². The van der Waals surface area contributed by atoms with Crippen LogP contribution in [0.15, 0.2) is 53.7 Å². The van der Waals surface area contributed by atoms with E-state index in [2.05, 4.69) is 5.16 Å². The Morgan fingerprint density at radius 2 is 1.73 bits per heavy atom. The van der Waals surface area contributed by atoms with Crippen LogP contribution in [0.5, 0.6) is 5.75 Å². The molecule has 0 bridgehead atoms. The largest absolute Gasteiger partial charge is 0.496 e. The molecule has 0 saturated carbocycles. The van der Waals surface area contributed by atoms with Crippen LogP contribution >= 0.6 is 0 Å². The van der Waals surface area contributed by atoms with Gasteiger partial charge in [0, 0.05) is 38.2 Å². The predicted octanol–water partition coefficient (Wildman–Crippen LogP) is 2.48. The number of piperazine rings is 1. The first-order chi connectivity index (χ1) is 14.6. The third-order valence-corrected chi connectivity index (χ3v) is 5.58. The number of rotatable bonds is 4. The van der Waals surface area contributed by atoms with Crippen molar-refractivity contribution in [3.05, 3.63) is 65.2 Å². The third kappa shape index (κ3) is 4.01.